The van der Waals surface area contributed by atoms with Crippen LogP contribution in [0.25, 0.3) is 22.4 Å². The van der Waals surface area contributed by atoms with E-state index in [4.69, 9.17) is 16.0 Å². The number of likely N-dealkylation sites (tertiary alicyclic amines) is 1. The van der Waals surface area contributed by atoms with E-state index in [-0.39, 0.29) is 11.9 Å². The van der Waals surface area contributed by atoms with Crippen molar-refractivity contribution in [2.75, 3.05) is 18.4 Å². The van der Waals surface area contributed by atoms with Crippen LogP contribution in [-0.4, -0.2) is 44.7 Å². The zero-order valence-electron chi connectivity index (χ0n) is 19.6. The summed E-state index contributed by atoms with van der Waals surface area (Å²) >= 11 is 6.08. The molecule has 3 heterocycles. The Labute approximate surface area is 203 Å². The van der Waals surface area contributed by atoms with Crippen LogP contribution in [0, 0.1) is 12.8 Å². The number of piperidine rings is 1. The number of anilines is 1. The molecule has 5 rings (SSSR count). The normalized spacial score (nSPS) is 18.4. The third-order valence-electron chi connectivity index (χ3n) is 6.58. The highest BCUT2D eigenvalue weighted by Crippen LogP contribution is 2.30. The number of rotatable bonds is 5. The second-order valence-electron chi connectivity index (χ2n) is 9.12. The zero-order valence-corrected chi connectivity index (χ0v) is 20.3. The van der Waals surface area contributed by atoms with Gasteiger partial charge in [-0.3, -0.25) is 9.48 Å². The first kappa shape index (κ1) is 22.5. The van der Waals surface area contributed by atoms with E-state index in [9.17, 15) is 4.79 Å². The average molecular weight is 478 g/mol. The van der Waals surface area contributed by atoms with Gasteiger partial charge in [-0.15, -0.1) is 0 Å². The van der Waals surface area contributed by atoms with Crippen molar-refractivity contribution >= 4 is 34.6 Å². The number of hydrogen-bond acceptors (Lipinski definition) is 5. The monoisotopic (exact) mass is 477 g/mol. The first-order chi connectivity index (χ1) is 16.4. The van der Waals surface area contributed by atoms with Crippen molar-refractivity contribution in [3.05, 3.63) is 64.8 Å². The molecule has 1 aliphatic heterocycles. The van der Waals surface area contributed by atoms with Crippen molar-refractivity contribution in [2.24, 2.45) is 13.0 Å². The van der Waals surface area contributed by atoms with Gasteiger partial charge in [-0.25, -0.2) is 0 Å². The number of carbonyl (C=O) groups is 1. The van der Waals surface area contributed by atoms with Gasteiger partial charge in [0.15, 0.2) is 5.58 Å². The highest BCUT2D eigenvalue weighted by Gasteiger charge is 2.33. The van der Waals surface area contributed by atoms with Crippen LogP contribution >= 0.6 is 11.6 Å². The second kappa shape index (κ2) is 9.14. The number of fused-ring (bicyclic) bond motifs is 1. The highest BCUT2D eigenvalue weighted by molar-refractivity contribution is 6.31. The summed E-state index contributed by atoms with van der Waals surface area (Å²) < 4.78 is 7.59. The fourth-order valence-electron chi connectivity index (χ4n) is 4.75. The molecule has 2 aromatic heterocycles. The fraction of sp³-hybridized carbons (Fsp3) is 0.346. The molecule has 2 aromatic carbocycles. The predicted octanol–water partition coefficient (Wildman–Crippen LogP) is 5.54. The molecule has 8 heteroatoms. The lowest BCUT2D eigenvalue weighted by molar-refractivity contribution is 0.0540. The number of hydrogen-bond donors (Lipinski definition) is 1. The molecule has 0 saturated carbocycles. The Bertz CT molecular complexity index is 1340. The van der Waals surface area contributed by atoms with Crippen LogP contribution in [0.3, 0.4) is 0 Å². The van der Waals surface area contributed by atoms with Crippen LogP contribution in [0.5, 0.6) is 0 Å². The van der Waals surface area contributed by atoms with Gasteiger partial charge in [0.2, 0.25) is 0 Å². The molecule has 1 aliphatic rings. The molecule has 1 saturated heterocycles. The van der Waals surface area contributed by atoms with Crippen molar-refractivity contribution in [3.63, 3.8) is 0 Å². The quantitative estimate of drug-likeness (QED) is 0.408. The van der Waals surface area contributed by atoms with Crippen LogP contribution < -0.4 is 5.32 Å². The van der Waals surface area contributed by atoms with Crippen molar-refractivity contribution in [3.8, 4) is 11.3 Å². The SMILES string of the molecule is Cc1ccc(-c2ccn(C)n2)c(C(=O)N2CCCC(C)C2CNc2nc3cc(Cl)ccc3o2)c1. The van der Waals surface area contributed by atoms with Gasteiger partial charge in [0.25, 0.3) is 11.9 Å². The number of amides is 1. The minimum absolute atomic E-state index is 0.0111. The summed E-state index contributed by atoms with van der Waals surface area (Å²) in [5.41, 5.74) is 4.78. The van der Waals surface area contributed by atoms with E-state index >= 15 is 0 Å². The van der Waals surface area contributed by atoms with Crippen molar-refractivity contribution < 1.29 is 9.21 Å². The minimum Gasteiger partial charge on any atom is -0.424 e. The number of nitrogens with one attached hydrogen (secondary N) is 1. The Balaban J connectivity index is 1.41. The third-order valence-corrected chi connectivity index (χ3v) is 6.82. The van der Waals surface area contributed by atoms with Gasteiger partial charge in [0.05, 0.1) is 11.7 Å². The molecule has 0 bridgehead atoms. The van der Waals surface area contributed by atoms with Gasteiger partial charge in [0.1, 0.15) is 5.52 Å². The molecule has 7 nitrogen and oxygen atoms in total. The van der Waals surface area contributed by atoms with Gasteiger partial charge >= 0.3 is 0 Å². The molecular formula is C26H28ClN5O2. The minimum atomic E-state index is 0.0111. The number of halogens is 1. The molecule has 2 atom stereocenters. The van der Waals surface area contributed by atoms with E-state index in [1.807, 2.05) is 55.4 Å². The maximum Gasteiger partial charge on any atom is 0.295 e. The molecule has 0 spiro atoms. The first-order valence-electron chi connectivity index (χ1n) is 11.6. The predicted molar refractivity (Wildman–Crippen MR) is 134 cm³/mol. The molecule has 0 aliphatic carbocycles. The zero-order chi connectivity index (χ0) is 23.8. The smallest absolute Gasteiger partial charge is 0.295 e. The van der Waals surface area contributed by atoms with E-state index in [1.54, 1.807) is 16.8 Å². The van der Waals surface area contributed by atoms with Crippen molar-refractivity contribution in [1.82, 2.24) is 19.7 Å². The van der Waals surface area contributed by atoms with Crippen LogP contribution in [0.15, 0.2) is 53.1 Å². The molecule has 0 radical (unpaired) electrons. The van der Waals surface area contributed by atoms with Gasteiger partial charge in [-0.05, 0) is 56.0 Å². The lowest BCUT2D eigenvalue weighted by Crippen LogP contribution is -2.51. The van der Waals surface area contributed by atoms with Crippen LogP contribution in [-0.2, 0) is 7.05 Å². The van der Waals surface area contributed by atoms with Crippen LogP contribution in [0.2, 0.25) is 5.02 Å². The maximum absolute atomic E-state index is 13.9. The number of oxazole rings is 1. The largest absolute Gasteiger partial charge is 0.424 e. The summed E-state index contributed by atoms with van der Waals surface area (Å²) in [5, 5.41) is 8.48. The third kappa shape index (κ3) is 4.40. The van der Waals surface area contributed by atoms with Gasteiger partial charge in [-0.2, -0.15) is 10.1 Å². The average Bonchev–Trinajstić information content (AvgIpc) is 3.43. The molecule has 176 valence electrons. The Kier molecular flexibility index (Phi) is 6.04. The number of benzene rings is 2. The Morgan fingerprint density at radius 1 is 1.24 bits per heavy atom. The fourth-order valence-corrected chi connectivity index (χ4v) is 4.92. The van der Waals surface area contributed by atoms with E-state index in [0.29, 0.717) is 46.7 Å². The van der Waals surface area contributed by atoms with Gasteiger partial charge < -0.3 is 14.6 Å². The van der Waals surface area contributed by atoms with Gasteiger partial charge in [-0.1, -0.05) is 36.2 Å². The summed E-state index contributed by atoms with van der Waals surface area (Å²) in [6.07, 6.45) is 3.95. The van der Waals surface area contributed by atoms with Gasteiger partial charge in [0, 0.05) is 42.5 Å². The van der Waals surface area contributed by atoms with Crippen molar-refractivity contribution in [1.29, 1.82) is 0 Å². The highest BCUT2D eigenvalue weighted by atomic mass is 35.5. The lowest BCUT2D eigenvalue weighted by atomic mass is 9.89. The van der Waals surface area contributed by atoms with Crippen LogP contribution in [0.4, 0.5) is 6.01 Å². The summed E-state index contributed by atoms with van der Waals surface area (Å²) in [6.45, 7) is 5.48. The maximum atomic E-state index is 13.9. The topological polar surface area (TPSA) is 76.2 Å². The van der Waals surface area contributed by atoms with Crippen LogP contribution in [0.1, 0.15) is 35.7 Å². The molecule has 1 fully saturated rings. The number of aryl methyl sites for hydroxylation is 2. The molecule has 1 N–H and O–H groups in total. The number of nitrogens with zero attached hydrogens (tertiary/aromatic N) is 4. The molecular weight excluding hydrogens is 450 g/mol. The standard InChI is InChI=1S/C26H28ClN5O2/c1-16-6-8-19(21-10-12-31(3)30-21)20(13-16)25(33)32-11-4-5-17(2)23(32)15-28-26-29-22-14-18(27)7-9-24(22)34-26/h6-10,12-14,17,23H,4-5,11,15H2,1-3H3,(H,28,29). The van der Waals surface area contributed by atoms with E-state index in [0.717, 1.165) is 29.7 Å². The van der Waals surface area contributed by atoms with E-state index < -0.39 is 0 Å². The summed E-state index contributed by atoms with van der Waals surface area (Å²) in [4.78, 5) is 20.4. The number of carbonyl (C=O) groups excluding carboxylic acids is 1. The second-order valence-corrected chi connectivity index (χ2v) is 9.56. The number of aromatic nitrogens is 3. The summed E-state index contributed by atoms with van der Waals surface area (Å²) in [5.74, 6) is 0.374. The lowest BCUT2D eigenvalue weighted by Gasteiger charge is -2.40. The Morgan fingerprint density at radius 3 is 2.88 bits per heavy atom. The first-order valence-corrected chi connectivity index (χ1v) is 12.0. The summed E-state index contributed by atoms with van der Waals surface area (Å²) in [7, 11) is 1.88. The Hall–Kier alpha value is -3.32. The van der Waals surface area contributed by atoms with E-state index in [1.165, 1.54) is 0 Å². The molecule has 4 aromatic rings. The molecule has 34 heavy (non-hydrogen) atoms. The Morgan fingerprint density at radius 2 is 2.09 bits per heavy atom. The van der Waals surface area contributed by atoms with Crippen molar-refractivity contribution in [2.45, 2.75) is 32.7 Å². The molecule has 1 amide bonds. The van der Waals surface area contributed by atoms with E-state index in [2.05, 4.69) is 22.3 Å². The summed E-state index contributed by atoms with van der Waals surface area (Å²) in [6, 6.07) is 13.8. The molecule has 2 unspecified atom stereocenters.